The van der Waals surface area contributed by atoms with Gasteiger partial charge in [-0.1, -0.05) is 78.1 Å². The minimum atomic E-state index is -0.271. The zero-order valence-electron chi connectivity index (χ0n) is 15.2. The smallest absolute Gasteiger partial charge is 0.308 e. The van der Waals surface area contributed by atoms with E-state index in [4.69, 9.17) is 9.47 Å². The van der Waals surface area contributed by atoms with Gasteiger partial charge in [-0.2, -0.15) is 0 Å². The van der Waals surface area contributed by atoms with Crippen molar-refractivity contribution in [2.24, 2.45) is 0 Å². The monoisotopic (exact) mass is 328 g/mol. The number of esters is 2. The third-order valence-electron chi connectivity index (χ3n) is 3.91. The fraction of sp³-hybridized carbons (Fsp3) is 0.895. The lowest BCUT2D eigenvalue weighted by Gasteiger charge is -2.06. The van der Waals surface area contributed by atoms with Crippen molar-refractivity contribution >= 4 is 11.9 Å². The first kappa shape index (κ1) is 21.9. The van der Waals surface area contributed by atoms with Crippen molar-refractivity contribution in [3.05, 3.63) is 0 Å². The fourth-order valence-corrected chi connectivity index (χ4v) is 2.40. The van der Waals surface area contributed by atoms with Crippen molar-refractivity contribution in [3.63, 3.8) is 0 Å². The molecule has 0 N–H and O–H groups in total. The molecule has 0 fully saturated rings. The maximum atomic E-state index is 11.5. The second-order valence-corrected chi connectivity index (χ2v) is 6.19. The number of carbonyl (C=O) groups excluding carboxylic acids is 2. The van der Waals surface area contributed by atoms with E-state index < -0.39 is 0 Å². The molecular weight excluding hydrogens is 292 g/mol. The third-order valence-corrected chi connectivity index (χ3v) is 3.91. The summed E-state index contributed by atoms with van der Waals surface area (Å²) in [6, 6.07) is 0. The van der Waals surface area contributed by atoms with Crippen molar-refractivity contribution in [3.8, 4) is 0 Å². The standard InChI is InChI=1S/C19H36O4/c1-3-5-7-9-11-13-15-18(20)22-17-23-19(21)16-14-12-10-8-6-4-2/h3-17H2,1-2H3. The average Bonchev–Trinajstić information content (AvgIpc) is 2.54. The molecule has 0 heterocycles. The molecule has 0 atom stereocenters. The molecule has 0 radical (unpaired) electrons. The number of ether oxygens (including phenoxy) is 2. The zero-order chi connectivity index (χ0) is 17.2. The first-order chi connectivity index (χ1) is 11.2. The Balaban J connectivity index is 3.33. The van der Waals surface area contributed by atoms with Crippen molar-refractivity contribution in [2.45, 2.75) is 104 Å². The molecule has 0 aliphatic rings. The Hall–Kier alpha value is -1.06. The van der Waals surface area contributed by atoms with Crippen LogP contribution in [0.4, 0.5) is 0 Å². The highest BCUT2D eigenvalue weighted by Gasteiger charge is 2.06. The minimum Gasteiger partial charge on any atom is -0.428 e. The molecule has 0 bridgehead atoms. The highest BCUT2D eigenvalue weighted by Crippen LogP contribution is 2.08. The van der Waals surface area contributed by atoms with Crippen LogP contribution in [0.1, 0.15) is 104 Å². The van der Waals surface area contributed by atoms with E-state index >= 15 is 0 Å². The van der Waals surface area contributed by atoms with Gasteiger partial charge in [0.25, 0.3) is 0 Å². The van der Waals surface area contributed by atoms with Gasteiger partial charge in [-0.05, 0) is 12.8 Å². The zero-order valence-corrected chi connectivity index (χ0v) is 15.2. The van der Waals surface area contributed by atoms with E-state index in [-0.39, 0.29) is 18.7 Å². The summed E-state index contributed by atoms with van der Waals surface area (Å²) in [5, 5.41) is 0. The normalized spacial score (nSPS) is 10.5. The van der Waals surface area contributed by atoms with Gasteiger partial charge in [0.2, 0.25) is 6.79 Å². The van der Waals surface area contributed by atoms with Crippen LogP contribution in [0.2, 0.25) is 0 Å². The van der Waals surface area contributed by atoms with Crippen molar-refractivity contribution < 1.29 is 19.1 Å². The Bertz CT molecular complexity index is 261. The van der Waals surface area contributed by atoms with Gasteiger partial charge in [-0.25, -0.2) is 0 Å². The molecule has 4 nitrogen and oxygen atoms in total. The van der Waals surface area contributed by atoms with Gasteiger partial charge in [0.1, 0.15) is 0 Å². The topological polar surface area (TPSA) is 52.6 Å². The Morgan fingerprint density at radius 2 is 0.913 bits per heavy atom. The first-order valence-electron chi connectivity index (χ1n) is 9.52. The molecule has 0 aliphatic carbocycles. The highest BCUT2D eigenvalue weighted by atomic mass is 16.7. The lowest BCUT2D eigenvalue weighted by atomic mass is 10.1. The maximum Gasteiger partial charge on any atom is 0.308 e. The number of hydrogen-bond acceptors (Lipinski definition) is 4. The number of hydrogen-bond donors (Lipinski definition) is 0. The third kappa shape index (κ3) is 17.1. The second-order valence-electron chi connectivity index (χ2n) is 6.19. The maximum absolute atomic E-state index is 11.5. The molecule has 0 amide bonds. The van der Waals surface area contributed by atoms with E-state index in [1.165, 1.54) is 51.4 Å². The van der Waals surface area contributed by atoms with Crippen LogP contribution in [0.25, 0.3) is 0 Å². The van der Waals surface area contributed by atoms with Gasteiger partial charge in [0, 0.05) is 12.8 Å². The van der Waals surface area contributed by atoms with Crippen LogP contribution in [0.15, 0.2) is 0 Å². The Labute approximate surface area is 142 Å². The van der Waals surface area contributed by atoms with Crippen LogP contribution >= 0.6 is 0 Å². The van der Waals surface area contributed by atoms with Crippen molar-refractivity contribution in [1.82, 2.24) is 0 Å². The van der Waals surface area contributed by atoms with Gasteiger partial charge in [0.15, 0.2) is 0 Å². The summed E-state index contributed by atoms with van der Waals surface area (Å²) in [5.74, 6) is -0.541. The summed E-state index contributed by atoms with van der Waals surface area (Å²) in [6.07, 6.45) is 14.5. The summed E-state index contributed by atoms with van der Waals surface area (Å²) >= 11 is 0. The molecule has 0 aromatic carbocycles. The Morgan fingerprint density at radius 1 is 0.565 bits per heavy atom. The summed E-state index contributed by atoms with van der Waals surface area (Å²) in [6.45, 7) is 4.14. The Kier molecular flexibility index (Phi) is 16.5. The molecule has 136 valence electrons. The van der Waals surface area contributed by atoms with E-state index in [0.717, 1.165) is 25.7 Å². The van der Waals surface area contributed by atoms with Gasteiger partial charge in [-0.3, -0.25) is 9.59 Å². The highest BCUT2D eigenvalue weighted by molar-refractivity contribution is 5.70. The summed E-state index contributed by atoms with van der Waals surface area (Å²) < 4.78 is 9.84. The fourth-order valence-electron chi connectivity index (χ4n) is 2.40. The van der Waals surface area contributed by atoms with E-state index in [1.54, 1.807) is 0 Å². The summed E-state index contributed by atoms with van der Waals surface area (Å²) in [7, 11) is 0. The predicted molar refractivity (Wildman–Crippen MR) is 93.0 cm³/mol. The molecular formula is C19H36O4. The van der Waals surface area contributed by atoms with Crippen LogP contribution in [0.3, 0.4) is 0 Å². The van der Waals surface area contributed by atoms with Gasteiger partial charge in [0.05, 0.1) is 0 Å². The first-order valence-corrected chi connectivity index (χ1v) is 9.52. The van der Waals surface area contributed by atoms with Crippen LogP contribution in [-0.2, 0) is 19.1 Å². The molecule has 0 spiro atoms. The average molecular weight is 328 g/mol. The van der Waals surface area contributed by atoms with Gasteiger partial charge < -0.3 is 9.47 Å². The SMILES string of the molecule is CCCCCCCCC(=O)OCOC(=O)CCCCCCCC. The van der Waals surface area contributed by atoms with Gasteiger partial charge >= 0.3 is 11.9 Å². The molecule has 0 rings (SSSR count). The molecule has 4 heteroatoms. The predicted octanol–water partition coefficient (Wildman–Crippen LogP) is 5.53. The Morgan fingerprint density at radius 3 is 1.30 bits per heavy atom. The lowest BCUT2D eigenvalue weighted by Crippen LogP contribution is -2.12. The van der Waals surface area contributed by atoms with E-state index in [2.05, 4.69) is 13.8 Å². The summed E-state index contributed by atoms with van der Waals surface area (Å²) in [5.41, 5.74) is 0. The quantitative estimate of drug-likeness (QED) is 0.212. The van der Waals surface area contributed by atoms with Crippen LogP contribution in [0, 0.1) is 0 Å². The molecule has 0 aromatic heterocycles. The molecule has 0 aliphatic heterocycles. The number of rotatable bonds is 16. The van der Waals surface area contributed by atoms with E-state index in [1.807, 2.05) is 0 Å². The van der Waals surface area contributed by atoms with Crippen LogP contribution in [0.5, 0.6) is 0 Å². The van der Waals surface area contributed by atoms with Crippen molar-refractivity contribution in [2.75, 3.05) is 6.79 Å². The molecule has 0 saturated carbocycles. The van der Waals surface area contributed by atoms with Crippen LogP contribution in [-0.4, -0.2) is 18.7 Å². The molecule has 0 aromatic rings. The van der Waals surface area contributed by atoms with Crippen molar-refractivity contribution in [1.29, 1.82) is 0 Å². The number of carbonyl (C=O) groups is 2. The second kappa shape index (κ2) is 17.3. The minimum absolute atomic E-state index is 0.233. The van der Waals surface area contributed by atoms with Crippen LogP contribution < -0.4 is 0 Å². The van der Waals surface area contributed by atoms with Gasteiger partial charge in [-0.15, -0.1) is 0 Å². The van der Waals surface area contributed by atoms with E-state index in [9.17, 15) is 9.59 Å². The largest absolute Gasteiger partial charge is 0.428 e. The molecule has 0 saturated heterocycles. The lowest BCUT2D eigenvalue weighted by molar-refractivity contribution is -0.167. The van der Waals surface area contributed by atoms with E-state index in [0.29, 0.717) is 12.8 Å². The molecule has 23 heavy (non-hydrogen) atoms. The molecule has 0 unspecified atom stereocenters. The number of unbranched alkanes of at least 4 members (excludes halogenated alkanes) is 10. The summed E-state index contributed by atoms with van der Waals surface area (Å²) in [4.78, 5) is 22.9.